The number of aromatic amines is 1. The third kappa shape index (κ3) is 2.28. The Labute approximate surface area is 108 Å². The number of hydrogen-bond donors (Lipinski definition) is 2. The third-order valence-electron chi connectivity index (χ3n) is 2.72. The smallest absolute Gasteiger partial charge is 0.230 e. The monoisotopic (exact) mass is 256 g/mol. The molecule has 1 aromatic carbocycles. The number of benzene rings is 1. The van der Waals surface area contributed by atoms with E-state index in [-0.39, 0.29) is 5.91 Å². The first-order valence-corrected chi connectivity index (χ1v) is 6.59. The molecule has 0 fully saturated rings. The lowest BCUT2D eigenvalue weighted by Crippen LogP contribution is -2.13. The molecular weight excluding hydrogens is 244 g/mol. The van der Waals surface area contributed by atoms with Crippen LogP contribution in [0.4, 0.5) is 5.82 Å². The number of rotatable bonds is 3. The van der Waals surface area contributed by atoms with Crippen molar-refractivity contribution < 1.29 is 4.79 Å². The Bertz CT molecular complexity index is 637. The van der Waals surface area contributed by atoms with E-state index >= 15 is 0 Å². The predicted octanol–water partition coefficient (Wildman–Crippen LogP) is 3.41. The lowest BCUT2D eigenvalue weighted by Gasteiger charge is -2.00. The fraction of sp³-hybridized carbons (Fsp3) is 0.0714. The number of amides is 1. The SMILES string of the molecule is O=C(Cc1cccs1)Nc1cc2ccccc2[nH]1. The Kier molecular flexibility index (Phi) is 2.86. The van der Waals surface area contributed by atoms with E-state index in [1.807, 2.05) is 47.8 Å². The van der Waals surface area contributed by atoms with Gasteiger partial charge in [0.15, 0.2) is 0 Å². The molecule has 0 spiro atoms. The van der Waals surface area contributed by atoms with Crippen LogP contribution in [0.3, 0.4) is 0 Å². The Morgan fingerprint density at radius 2 is 2.11 bits per heavy atom. The summed E-state index contributed by atoms with van der Waals surface area (Å²) in [4.78, 5) is 16.1. The second kappa shape index (κ2) is 4.66. The number of thiophene rings is 1. The standard InChI is InChI=1S/C14H12N2OS/c17-14(9-11-5-3-7-18-11)16-13-8-10-4-1-2-6-12(10)15-13/h1-8,15H,9H2,(H,16,17). The van der Waals surface area contributed by atoms with Gasteiger partial charge in [0.05, 0.1) is 6.42 Å². The normalized spacial score (nSPS) is 10.7. The largest absolute Gasteiger partial charge is 0.341 e. The zero-order valence-electron chi connectivity index (χ0n) is 9.64. The number of anilines is 1. The van der Waals surface area contributed by atoms with Gasteiger partial charge in [-0.05, 0) is 23.6 Å². The van der Waals surface area contributed by atoms with Gasteiger partial charge in [0, 0.05) is 15.8 Å². The molecule has 0 saturated carbocycles. The molecule has 1 amide bonds. The number of aromatic nitrogens is 1. The number of para-hydroxylation sites is 1. The van der Waals surface area contributed by atoms with Gasteiger partial charge in [-0.2, -0.15) is 0 Å². The van der Waals surface area contributed by atoms with Crippen LogP contribution >= 0.6 is 11.3 Å². The van der Waals surface area contributed by atoms with Crippen molar-refractivity contribution in [2.24, 2.45) is 0 Å². The highest BCUT2D eigenvalue weighted by molar-refractivity contribution is 7.10. The summed E-state index contributed by atoms with van der Waals surface area (Å²) in [6, 6.07) is 13.8. The molecule has 0 radical (unpaired) electrons. The van der Waals surface area contributed by atoms with Gasteiger partial charge in [-0.25, -0.2) is 0 Å². The Morgan fingerprint density at radius 1 is 1.22 bits per heavy atom. The second-order valence-electron chi connectivity index (χ2n) is 4.07. The summed E-state index contributed by atoms with van der Waals surface area (Å²) in [7, 11) is 0. The van der Waals surface area contributed by atoms with Crippen molar-refractivity contribution in [3.05, 3.63) is 52.7 Å². The number of nitrogens with one attached hydrogen (secondary N) is 2. The van der Waals surface area contributed by atoms with E-state index < -0.39 is 0 Å². The van der Waals surface area contributed by atoms with Crippen molar-refractivity contribution in [1.29, 1.82) is 0 Å². The van der Waals surface area contributed by atoms with Crippen molar-refractivity contribution in [2.45, 2.75) is 6.42 Å². The van der Waals surface area contributed by atoms with E-state index in [2.05, 4.69) is 10.3 Å². The van der Waals surface area contributed by atoms with Gasteiger partial charge in [0.2, 0.25) is 5.91 Å². The first-order valence-electron chi connectivity index (χ1n) is 5.71. The maximum Gasteiger partial charge on any atom is 0.230 e. The lowest BCUT2D eigenvalue weighted by atomic mass is 10.2. The molecular formula is C14H12N2OS. The minimum Gasteiger partial charge on any atom is -0.341 e. The van der Waals surface area contributed by atoms with Crippen molar-refractivity contribution in [2.75, 3.05) is 5.32 Å². The van der Waals surface area contributed by atoms with Crippen LogP contribution in [0.25, 0.3) is 10.9 Å². The quantitative estimate of drug-likeness (QED) is 0.741. The first-order chi connectivity index (χ1) is 8.81. The Balaban J connectivity index is 1.74. The minimum absolute atomic E-state index is 0.00371. The second-order valence-corrected chi connectivity index (χ2v) is 5.11. The van der Waals surface area contributed by atoms with Crippen LogP contribution in [0.15, 0.2) is 47.8 Å². The van der Waals surface area contributed by atoms with Crippen molar-refractivity contribution in [3.63, 3.8) is 0 Å². The van der Waals surface area contributed by atoms with Gasteiger partial charge in [-0.15, -0.1) is 11.3 Å². The number of fused-ring (bicyclic) bond motifs is 1. The van der Waals surface area contributed by atoms with Crippen molar-refractivity contribution in [3.8, 4) is 0 Å². The molecule has 3 rings (SSSR count). The molecule has 90 valence electrons. The summed E-state index contributed by atoms with van der Waals surface area (Å²) in [6.45, 7) is 0. The molecule has 2 heterocycles. The topological polar surface area (TPSA) is 44.9 Å². The molecule has 0 aliphatic heterocycles. The van der Waals surface area contributed by atoms with Gasteiger partial charge in [0.25, 0.3) is 0 Å². The van der Waals surface area contributed by atoms with E-state index in [0.717, 1.165) is 21.6 Å². The van der Waals surface area contributed by atoms with Crippen LogP contribution in [0.2, 0.25) is 0 Å². The maximum absolute atomic E-state index is 11.8. The van der Waals surface area contributed by atoms with Gasteiger partial charge in [0.1, 0.15) is 5.82 Å². The van der Waals surface area contributed by atoms with Gasteiger partial charge in [-0.1, -0.05) is 24.3 Å². The summed E-state index contributed by atoms with van der Waals surface area (Å²) in [5, 5.41) is 5.96. The summed E-state index contributed by atoms with van der Waals surface area (Å²) < 4.78 is 0. The number of carbonyl (C=O) groups is 1. The fourth-order valence-electron chi connectivity index (χ4n) is 1.91. The molecule has 0 saturated heterocycles. The van der Waals surface area contributed by atoms with Crippen LogP contribution in [0, 0.1) is 0 Å². The first kappa shape index (κ1) is 11.0. The maximum atomic E-state index is 11.8. The van der Waals surface area contributed by atoms with Crippen molar-refractivity contribution >= 4 is 34.0 Å². The van der Waals surface area contributed by atoms with Crippen LogP contribution in [0.1, 0.15) is 4.88 Å². The zero-order chi connectivity index (χ0) is 12.4. The predicted molar refractivity (Wildman–Crippen MR) is 75.0 cm³/mol. The Hall–Kier alpha value is -2.07. The average Bonchev–Trinajstić information content (AvgIpc) is 2.96. The Morgan fingerprint density at radius 3 is 2.89 bits per heavy atom. The van der Waals surface area contributed by atoms with Crippen LogP contribution in [-0.4, -0.2) is 10.9 Å². The summed E-state index contributed by atoms with van der Waals surface area (Å²) in [6.07, 6.45) is 0.424. The third-order valence-corrected chi connectivity index (χ3v) is 3.60. The zero-order valence-corrected chi connectivity index (χ0v) is 10.5. The van der Waals surface area contributed by atoms with E-state index in [9.17, 15) is 4.79 Å². The van der Waals surface area contributed by atoms with Gasteiger partial charge in [-0.3, -0.25) is 4.79 Å². The number of carbonyl (C=O) groups excluding carboxylic acids is 1. The summed E-state index contributed by atoms with van der Waals surface area (Å²) in [5.41, 5.74) is 1.03. The van der Waals surface area contributed by atoms with Crippen molar-refractivity contribution in [1.82, 2.24) is 4.98 Å². The highest BCUT2D eigenvalue weighted by Crippen LogP contribution is 2.18. The highest BCUT2D eigenvalue weighted by atomic mass is 32.1. The van der Waals surface area contributed by atoms with Gasteiger partial charge < -0.3 is 10.3 Å². The molecule has 18 heavy (non-hydrogen) atoms. The summed E-state index contributed by atoms with van der Waals surface area (Å²) in [5.74, 6) is 0.752. The average molecular weight is 256 g/mol. The molecule has 3 aromatic rings. The van der Waals surface area contributed by atoms with Gasteiger partial charge >= 0.3 is 0 Å². The number of hydrogen-bond acceptors (Lipinski definition) is 2. The highest BCUT2D eigenvalue weighted by Gasteiger charge is 2.06. The molecule has 2 aromatic heterocycles. The molecule has 3 nitrogen and oxygen atoms in total. The molecule has 0 bridgehead atoms. The molecule has 2 N–H and O–H groups in total. The molecule has 0 aliphatic carbocycles. The van der Waals surface area contributed by atoms with Crippen LogP contribution < -0.4 is 5.32 Å². The van der Waals surface area contributed by atoms with E-state index in [1.54, 1.807) is 11.3 Å². The molecule has 0 atom stereocenters. The molecule has 4 heteroatoms. The fourth-order valence-corrected chi connectivity index (χ4v) is 2.61. The van der Waals surface area contributed by atoms with E-state index in [1.165, 1.54) is 0 Å². The lowest BCUT2D eigenvalue weighted by molar-refractivity contribution is -0.115. The summed E-state index contributed by atoms with van der Waals surface area (Å²) >= 11 is 1.60. The number of H-pyrrole nitrogens is 1. The minimum atomic E-state index is 0.00371. The molecule has 0 aliphatic rings. The van der Waals surface area contributed by atoms with E-state index in [0.29, 0.717) is 6.42 Å². The van der Waals surface area contributed by atoms with Crippen LogP contribution in [0.5, 0.6) is 0 Å². The van der Waals surface area contributed by atoms with E-state index in [4.69, 9.17) is 0 Å². The van der Waals surface area contributed by atoms with Crippen LogP contribution in [-0.2, 0) is 11.2 Å². The molecule has 0 unspecified atom stereocenters.